The number of nitrogens with one attached hydrogen (secondary N) is 2. The highest BCUT2D eigenvalue weighted by atomic mass is 16.2. The Morgan fingerprint density at radius 1 is 1.08 bits per heavy atom. The minimum absolute atomic E-state index is 0.165. The Kier molecular flexibility index (Phi) is 6.18. The molecule has 0 saturated carbocycles. The average molecular weight is 327 g/mol. The molecule has 0 radical (unpaired) electrons. The molecule has 0 saturated heterocycles. The summed E-state index contributed by atoms with van der Waals surface area (Å²) in [6, 6.07) is 10.9. The van der Waals surface area contributed by atoms with E-state index in [-0.39, 0.29) is 11.8 Å². The lowest BCUT2D eigenvalue weighted by atomic mass is 10.0. The number of hydrogen-bond acceptors (Lipinski definition) is 2. The molecule has 0 aliphatic heterocycles. The summed E-state index contributed by atoms with van der Waals surface area (Å²) in [4.78, 5) is 24.3. The minimum atomic E-state index is -0.512. The van der Waals surface area contributed by atoms with E-state index in [2.05, 4.69) is 15.2 Å². The van der Waals surface area contributed by atoms with Crippen LogP contribution in [-0.2, 0) is 11.3 Å². The summed E-state index contributed by atoms with van der Waals surface area (Å²) < 4.78 is 2.07. The van der Waals surface area contributed by atoms with E-state index in [4.69, 9.17) is 0 Å². The van der Waals surface area contributed by atoms with Gasteiger partial charge in [0.15, 0.2) is 0 Å². The summed E-state index contributed by atoms with van der Waals surface area (Å²) in [6.45, 7) is 4.82. The largest absolute Gasteiger partial charge is 0.357 e. The number of carbonyl (C=O) groups is 2. The first kappa shape index (κ1) is 17.8. The van der Waals surface area contributed by atoms with Crippen molar-refractivity contribution in [1.29, 1.82) is 0 Å². The van der Waals surface area contributed by atoms with Gasteiger partial charge >= 0.3 is 0 Å². The maximum Gasteiger partial charge on any atom is 0.251 e. The van der Waals surface area contributed by atoms with E-state index >= 15 is 0 Å². The molecule has 0 bridgehead atoms. The number of benzene rings is 1. The quantitative estimate of drug-likeness (QED) is 0.820. The van der Waals surface area contributed by atoms with Crippen LogP contribution in [0.5, 0.6) is 0 Å². The summed E-state index contributed by atoms with van der Waals surface area (Å²) >= 11 is 0. The summed E-state index contributed by atoms with van der Waals surface area (Å²) in [5.74, 6) is -0.0745. The van der Waals surface area contributed by atoms with Crippen LogP contribution < -0.4 is 10.6 Å². The van der Waals surface area contributed by atoms with Gasteiger partial charge in [-0.1, -0.05) is 26.0 Å². The fourth-order valence-electron chi connectivity index (χ4n) is 2.57. The zero-order valence-electron chi connectivity index (χ0n) is 14.5. The topological polar surface area (TPSA) is 63.1 Å². The predicted molar refractivity (Wildman–Crippen MR) is 94.8 cm³/mol. The van der Waals surface area contributed by atoms with Crippen molar-refractivity contribution >= 4 is 11.8 Å². The van der Waals surface area contributed by atoms with E-state index in [1.165, 1.54) is 0 Å². The van der Waals surface area contributed by atoms with Gasteiger partial charge in [0.05, 0.1) is 0 Å². The van der Waals surface area contributed by atoms with Crippen molar-refractivity contribution in [1.82, 2.24) is 15.2 Å². The van der Waals surface area contributed by atoms with Crippen molar-refractivity contribution in [3.63, 3.8) is 0 Å². The molecule has 128 valence electrons. The van der Waals surface area contributed by atoms with Crippen LogP contribution in [0.3, 0.4) is 0 Å². The van der Waals surface area contributed by atoms with Gasteiger partial charge in [-0.15, -0.1) is 0 Å². The number of hydrogen-bond donors (Lipinski definition) is 2. The molecule has 5 heteroatoms. The molecule has 2 N–H and O–H groups in total. The SMILES string of the molecule is CNC(=O)[C@H](CC(C)C)NC(=O)c1ccc(Cn2cccc2)cc1. The van der Waals surface area contributed by atoms with Crippen molar-refractivity contribution in [2.75, 3.05) is 7.05 Å². The maximum atomic E-state index is 12.4. The number of nitrogens with zero attached hydrogens (tertiary/aromatic N) is 1. The van der Waals surface area contributed by atoms with Crippen molar-refractivity contribution in [3.05, 3.63) is 59.9 Å². The number of rotatable bonds is 7. The van der Waals surface area contributed by atoms with Crippen LogP contribution in [0.25, 0.3) is 0 Å². The van der Waals surface area contributed by atoms with E-state index in [1.807, 2.05) is 50.5 Å². The fourth-order valence-corrected chi connectivity index (χ4v) is 2.57. The molecule has 5 nitrogen and oxygen atoms in total. The van der Waals surface area contributed by atoms with Crippen LogP contribution >= 0.6 is 0 Å². The fraction of sp³-hybridized carbons (Fsp3) is 0.368. The average Bonchev–Trinajstić information content (AvgIpc) is 3.06. The number of aromatic nitrogens is 1. The molecule has 1 heterocycles. The lowest BCUT2D eigenvalue weighted by Gasteiger charge is -2.19. The van der Waals surface area contributed by atoms with Gasteiger partial charge in [-0.3, -0.25) is 9.59 Å². The third kappa shape index (κ3) is 4.98. The molecule has 0 spiro atoms. The first-order valence-corrected chi connectivity index (χ1v) is 8.21. The molecule has 2 rings (SSSR count). The predicted octanol–water partition coefficient (Wildman–Crippen LogP) is 2.43. The summed E-state index contributed by atoms with van der Waals surface area (Å²) in [7, 11) is 1.58. The minimum Gasteiger partial charge on any atom is -0.357 e. The molecule has 1 aromatic heterocycles. The Morgan fingerprint density at radius 3 is 2.25 bits per heavy atom. The molecule has 1 aromatic carbocycles. The maximum absolute atomic E-state index is 12.4. The lowest BCUT2D eigenvalue weighted by molar-refractivity contribution is -0.122. The Balaban J connectivity index is 2.01. The molecular weight excluding hydrogens is 302 g/mol. The van der Waals surface area contributed by atoms with Gasteiger partial charge in [-0.25, -0.2) is 0 Å². The lowest BCUT2D eigenvalue weighted by Crippen LogP contribution is -2.46. The van der Waals surface area contributed by atoms with Gasteiger partial charge in [-0.05, 0) is 42.2 Å². The molecule has 0 aliphatic rings. The molecule has 1 atom stereocenters. The van der Waals surface area contributed by atoms with E-state index in [1.54, 1.807) is 19.2 Å². The second kappa shape index (κ2) is 8.34. The summed E-state index contributed by atoms with van der Waals surface area (Å²) in [6.07, 6.45) is 4.61. The van der Waals surface area contributed by atoms with Crippen LogP contribution in [0.2, 0.25) is 0 Å². The first-order chi connectivity index (χ1) is 11.5. The Bertz CT molecular complexity index is 660. The third-order valence-electron chi connectivity index (χ3n) is 3.82. The van der Waals surface area contributed by atoms with Gasteiger partial charge in [0, 0.05) is 31.5 Å². The van der Waals surface area contributed by atoms with Gasteiger partial charge in [0.25, 0.3) is 5.91 Å². The Morgan fingerprint density at radius 2 is 1.71 bits per heavy atom. The Labute approximate surface area is 143 Å². The molecule has 2 aromatic rings. The summed E-state index contributed by atoms with van der Waals surface area (Å²) in [5, 5.41) is 5.43. The second-order valence-corrected chi connectivity index (χ2v) is 6.32. The zero-order chi connectivity index (χ0) is 17.5. The van der Waals surface area contributed by atoms with Crippen molar-refractivity contribution < 1.29 is 9.59 Å². The molecule has 0 unspecified atom stereocenters. The highest BCUT2D eigenvalue weighted by molar-refractivity contribution is 5.97. The van der Waals surface area contributed by atoms with E-state index < -0.39 is 6.04 Å². The van der Waals surface area contributed by atoms with Crippen LogP contribution in [0.1, 0.15) is 36.2 Å². The monoisotopic (exact) mass is 327 g/mol. The normalized spacial score (nSPS) is 12.0. The van der Waals surface area contributed by atoms with Gasteiger partial charge in [0.2, 0.25) is 5.91 Å². The third-order valence-corrected chi connectivity index (χ3v) is 3.82. The highest BCUT2D eigenvalue weighted by Crippen LogP contribution is 2.09. The van der Waals surface area contributed by atoms with Crippen LogP contribution in [0.4, 0.5) is 0 Å². The van der Waals surface area contributed by atoms with E-state index in [0.29, 0.717) is 17.9 Å². The number of likely N-dealkylation sites (N-methyl/N-ethyl adjacent to an activating group) is 1. The van der Waals surface area contributed by atoms with Gasteiger partial charge in [-0.2, -0.15) is 0 Å². The first-order valence-electron chi connectivity index (χ1n) is 8.21. The standard InChI is InChI=1S/C19H25N3O2/c1-14(2)12-17(19(24)20-3)21-18(23)16-8-6-15(7-9-16)13-22-10-4-5-11-22/h4-11,14,17H,12-13H2,1-3H3,(H,20,24)(H,21,23)/t17-/m0/s1. The molecule has 2 amide bonds. The van der Waals surface area contributed by atoms with Crippen LogP contribution in [0.15, 0.2) is 48.8 Å². The van der Waals surface area contributed by atoms with Crippen LogP contribution in [-0.4, -0.2) is 29.5 Å². The van der Waals surface area contributed by atoms with Gasteiger partial charge < -0.3 is 15.2 Å². The number of carbonyl (C=O) groups excluding carboxylic acids is 2. The van der Waals surface area contributed by atoms with E-state index in [9.17, 15) is 9.59 Å². The van der Waals surface area contributed by atoms with Crippen molar-refractivity contribution in [2.45, 2.75) is 32.9 Å². The zero-order valence-corrected chi connectivity index (χ0v) is 14.5. The van der Waals surface area contributed by atoms with Crippen molar-refractivity contribution in [3.8, 4) is 0 Å². The second-order valence-electron chi connectivity index (χ2n) is 6.32. The number of amides is 2. The molecule has 24 heavy (non-hydrogen) atoms. The highest BCUT2D eigenvalue weighted by Gasteiger charge is 2.21. The molecular formula is C19H25N3O2. The smallest absolute Gasteiger partial charge is 0.251 e. The summed E-state index contributed by atoms with van der Waals surface area (Å²) in [5.41, 5.74) is 1.68. The molecule has 0 fully saturated rings. The molecule has 0 aliphatic carbocycles. The van der Waals surface area contributed by atoms with Crippen molar-refractivity contribution in [2.24, 2.45) is 5.92 Å². The van der Waals surface area contributed by atoms with Crippen LogP contribution in [0, 0.1) is 5.92 Å². The van der Waals surface area contributed by atoms with Gasteiger partial charge in [0.1, 0.15) is 6.04 Å². The van der Waals surface area contributed by atoms with E-state index in [0.717, 1.165) is 12.1 Å². The Hall–Kier alpha value is -2.56.